The van der Waals surface area contributed by atoms with Crippen LogP contribution in [-0.2, 0) is 9.53 Å². The van der Waals surface area contributed by atoms with Crippen LogP contribution in [0.3, 0.4) is 0 Å². The van der Waals surface area contributed by atoms with E-state index in [2.05, 4.69) is 4.74 Å². The fourth-order valence-electron chi connectivity index (χ4n) is 0.144. The van der Waals surface area contributed by atoms with Crippen molar-refractivity contribution in [1.29, 1.82) is 0 Å². The molecule has 0 spiro atoms. The van der Waals surface area contributed by atoms with E-state index in [-0.39, 0.29) is 24.8 Å². The monoisotopic (exact) mass is 96.1 g/mol. The number of esters is 1. The molecular weight excluding hydrogens is 87.0 g/mol. The quantitative estimate of drug-likeness (QED) is 0.337. The van der Waals surface area contributed by atoms with Crippen molar-refractivity contribution in [2.24, 2.45) is 0 Å². The fraction of sp³-hybridized carbons (Fsp3) is 0.750. The molecule has 0 aromatic carbocycles. The molecule has 0 fully saturated rings. The number of hydrogen-bond donors (Lipinski definition) is 0. The van der Waals surface area contributed by atoms with E-state index in [1.165, 1.54) is 7.11 Å². The molecule has 0 aromatic rings. The predicted octanol–water partition coefficient (Wildman–Crippen LogP) is -0.0791. The van der Waals surface area contributed by atoms with Crippen LogP contribution >= 0.6 is 0 Å². The SMILES string of the molecule is CCC(=O)OC.[LiH]. The first-order valence-electron chi connectivity index (χ1n) is 1.88. The molecule has 0 heterocycles. The first-order chi connectivity index (χ1) is 2.81. The summed E-state index contributed by atoms with van der Waals surface area (Å²) >= 11 is 0. The van der Waals surface area contributed by atoms with Gasteiger partial charge in [-0.1, -0.05) is 6.92 Å². The Labute approximate surface area is 55.4 Å². The molecule has 0 unspecified atom stereocenters. The number of hydrogen-bond acceptors (Lipinski definition) is 2. The van der Waals surface area contributed by atoms with Gasteiger partial charge in [-0.05, 0) is 0 Å². The molecule has 0 rings (SSSR count). The van der Waals surface area contributed by atoms with E-state index < -0.39 is 0 Å². The maximum atomic E-state index is 9.96. The zero-order valence-electron chi connectivity index (χ0n) is 4.02. The average molecular weight is 96.1 g/mol. The minimum atomic E-state index is -0.157. The molecule has 0 radical (unpaired) electrons. The zero-order chi connectivity index (χ0) is 4.99. The second-order valence-corrected chi connectivity index (χ2v) is 0.930. The average Bonchev–Trinajstić information content (AvgIpc) is 1.65. The molecule has 0 saturated heterocycles. The molecule has 38 valence electrons. The third-order valence-electron chi connectivity index (χ3n) is 0.516. The maximum absolute atomic E-state index is 9.96. The third-order valence-corrected chi connectivity index (χ3v) is 0.516. The number of ether oxygens (including phenoxy) is 1. The van der Waals surface area contributed by atoms with Crippen molar-refractivity contribution < 1.29 is 9.53 Å². The molecule has 0 aliphatic carbocycles. The summed E-state index contributed by atoms with van der Waals surface area (Å²) in [6.45, 7) is 1.76. The van der Waals surface area contributed by atoms with E-state index in [9.17, 15) is 4.79 Å². The van der Waals surface area contributed by atoms with Crippen molar-refractivity contribution >= 4 is 24.8 Å². The van der Waals surface area contributed by atoms with Gasteiger partial charge in [0.25, 0.3) is 0 Å². The van der Waals surface area contributed by atoms with Crippen LogP contribution in [-0.4, -0.2) is 31.9 Å². The Hall–Kier alpha value is 0.0674. The van der Waals surface area contributed by atoms with Gasteiger partial charge in [0, 0.05) is 6.42 Å². The minimum absolute atomic E-state index is 0. The summed E-state index contributed by atoms with van der Waals surface area (Å²) in [5.41, 5.74) is 0. The molecule has 0 N–H and O–H groups in total. The molecule has 0 atom stereocenters. The summed E-state index contributed by atoms with van der Waals surface area (Å²) in [5.74, 6) is -0.157. The fourth-order valence-corrected chi connectivity index (χ4v) is 0.144. The van der Waals surface area contributed by atoms with Gasteiger partial charge >= 0.3 is 24.8 Å². The number of carbonyl (C=O) groups is 1. The van der Waals surface area contributed by atoms with Crippen LogP contribution in [0, 0.1) is 0 Å². The topological polar surface area (TPSA) is 26.3 Å². The van der Waals surface area contributed by atoms with Crippen LogP contribution in [0.15, 0.2) is 0 Å². The van der Waals surface area contributed by atoms with Crippen molar-refractivity contribution in [3.05, 3.63) is 0 Å². The molecular formula is C4H9LiO2. The second-order valence-electron chi connectivity index (χ2n) is 0.930. The Bertz CT molecular complexity index is 47.7. The normalized spacial score (nSPS) is 6.57. The van der Waals surface area contributed by atoms with Crippen LogP contribution in [0.2, 0.25) is 0 Å². The van der Waals surface area contributed by atoms with Gasteiger partial charge in [0.2, 0.25) is 0 Å². The number of rotatable bonds is 1. The van der Waals surface area contributed by atoms with E-state index in [0.29, 0.717) is 6.42 Å². The molecule has 3 heteroatoms. The Morgan fingerprint density at radius 2 is 2.14 bits per heavy atom. The van der Waals surface area contributed by atoms with E-state index in [4.69, 9.17) is 0 Å². The summed E-state index contributed by atoms with van der Waals surface area (Å²) in [5, 5.41) is 0. The first kappa shape index (κ1) is 10.1. The van der Waals surface area contributed by atoms with E-state index in [0.717, 1.165) is 0 Å². The van der Waals surface area contributed by atoms with Crippen LogP contribution in [0.4, 0.5) is 0 Å². The van der Waals surface area contributed by atoms with Crippen molar-refractivity contribution in [2.75, 3.05) is 7.11 Å². The standard InChI is InChI=1S/C4H8O2.Li.H/c1-3-4(5)6-2;;/h3H2,1-2H3;;. The van der Waals surface area contributed by atoms with Crippen LogP contribution in [0.1, 0.15) is 13.3 Å². The Morgan fingerprint density at radius 1 is 1.71 bits per heavy atom. The van der Waals surface area contributed by atoms with Gasteiger partial charge in [-0.3, -0.25) is 4.79 Å². The van der Waals surface area contributed by atoms with E-state index >= 15 is 0 Å². The third kappa shape index (κ3) is 6.07. The molecule has 7 heavy (non-hydrogen) atoms. The van der Waals surface area contributed by atoms with Gasteiger partial charge in [0.05, 0.1) is 7.11 Å². The zero-order valence-corrected chi connectivity index (χ0v) is 4.02. The van der Waals surface area contributed by atoms with Gasteiger partial charge in [0.15, 0.2) is 0 Å². The Morgan fingerprint density at radius 3 is 2.14 bits per heavy atom. The van der Waals surface area contributed by atoms with Crippen molar-refractivity contribution in [2.45, 2.75) is 13.3 Å². The van der Waals surface area contributed by atoms with Crippen LogP contribution in [0.5, 0.6) is 0 Å². The molecule has 0 saturated carbocycles. The van der Waals surface area contributed by atoms with Crippen molar-refractivity contribution in [3.8, 4) is 0 Å². The summed E-state index contributed by atoms with van der Waals surface area (Å²) in [7, 11) is 1.38. The van der Waals surface area contributed by atoms with Crippen LogP contribution < -0.4 is 0 Å². The molecule has 0 aliphatic heterocycles. The molecule has 0 amide bonds. The second kappa shape index (κ2) is 6.07. The van der Waals surface area contributed by atoms with Crippen molar-refractivity contribution in [3.63, 3.8) is 0 Å². The van der Waals surface area contributed by atoms with E-state index in [1.54, 1.807) is 6.92 Å². The van der Waals surface area contributed by atoms with Gasteiger partial charge < -0.3 is 4.74 Å². The van der Waals surface area contributed by atoms with Gasteiger partial charge in [-0.15, -0.1) is 0 Å². The van der Waals surface area contributed by atoms with Gasteiger partial charge in [-0.25, -0.2) is 0 Å². The van der Waals surface area contributed by atoms with Crippen molar-refractivity contribution in [1.82, 2.24) is 0 Å². The number of methoxy groups -OCH3 is 1. The first-order valence-corrected chi connectivity index (χ1v) is 1.88. The summed E-state index contributed by atoms with van der Waals surface area (Å²) in [6.07, 6.45) is 0.469. The van der Waals surface area contributed by atoms with Crippen LogP contribution in [0.25, 0.3) is 0 Å². The number of carbonyl (C=O) groups excluding carboxylic acids is 1. The van der Waals surface area contributed by atoms with Gasteiger partial charge in [0.1, 0.15) is 0 Å². The molecule has 0 aromatic heterocycles. The summed E-state index contributed by atoms with van der Waals surface area (Å²) in [4.78, 5) is 9.96. The Kier molecular flexibility index (Phi) is 8.78. The van der Waals surface area contributed by atoms with Gasteiger partial charge in [-0.2, -0.15) is 0 Å². The predicted molar refractivity (Wildman–Crippen MR) is 29.5 cm³/mol. The summed E-state index contributed by atoms with van der Waals surface area (Å²) in [6, 6.07) is 0. The Balaban J connectivity index is 0. The molecule has 2 nitrogen and oxygen atoms in total. The summed E-state index contributed by atoms with van der Waals surface area (Å²) < 4.78 is 4.26. The van der Waals surface area contributed by atoms with E-state index in [1.807, 2.05) is 0 Å². The molecule has 0 bridgehead atoms. The molecule has 0 aliphatic rings.